The molecule has 0 spiro atoms. The number of benzene rings is 1. The summed E-state index contributed by atoms with van der Waals surface area (Å²) >= 11 is 0. The van der Waals surface area contributed by atoms with Crippen molar-refractivity contribution in [1.82, 2.24) is 85.1 Å². The quantitative estimate of drug-likeness (QED) is 0.0164. The third-order valence-electron chi connectivity index (χ3n) is 19.8. The Balaban J connectivity index is 3.80. The summed E-state index contributed by atoms with van der Waals surface area (Å²) in [5.74, 6) is -29.1. The first-order valence-corrected chi connectivity index (χ1v) is 42.1. The van der Waals surface area contributed by atoms with E-state index < -0.39 is 309 Å². The van der Waals surface area contributed by atoms with Crippen LogP contribution in [0.2, 0.25) is 0 Å². The van der Waals surface area contributed by atoms with Gasteiger partial charge in [-0.15, -0.1) is 0 Å². The van der Waals surface area contributed by atoms with Gasteiger partial charge in [0.15, 0.2) is 5.96 Å². The summed E-state index contributed by atoms with van der Waals surface area (Å²) in [4.78, 5) is 284. The number of aliphatic carboxylic acids is 4. The predicted molar refractivity (Wildman–Crippen MR) is 458 cm³/mol. The number of carboxylic acids is 4. The second kappa shape index (κ2) is 58.5. The molecule has 724 valence electrons. The smallest absolute Gasteiger partial charge is 0.305 e. The van der Waals surface area contributed by atoms with Crippen molar-refractivity contribution in [3.63, 3.8) is 0 Å². The lowest BCUT2D eigenvalue weighted by Crippen LogP contribution is -2.62. The van der Waals surface area contributed by atoms with Gasteiger partial charge in [0, 0.05) is 25.8 Å². The summed E-state index contributed by atoms with van der Waals surface area (Å²) in [6, 6.07) is -19.2. The number of aliphatic hydroxyl groups excluding tert-OH is 2. The first-order chi connectivity index (χ1) is 60.3. The van der Waals surface area contributed by atoms with Crippen LogP contribution in [0.4, 0.5) is 0 Å². The Labute approximate surface area is 745 Å². The first kappa shape index (κ1) is 114. The number of aliphatic hydroxyl groups is 2. The maximum atomic E-state index is 14.7. The number of carbonyl (C=O) groups is 21. The highest BCUT2D eigenvalue weighted by atomic mass is 16.4. The van der Waals surface area contributed by atoms with E-state index in [9.17, 15) is 126 Å². The molecule has 0 aliphatic carbocycles. The molecule has 17 amide bonds. The Hall–Kier alpha value is -12.8. The number of hydrogen-bond acceptors (Lipinski definition) is 26. The lowest BCUT2D eigenvalue weighted by atomic mass is 9.96. The molecule has 49 nitrogen and oxygen atoms in total. The molecular weight excluding hydrogens is 1700 g/mol. The zero-order valence-corrected chi connectivity index (χ0v) is 74.3. The molecule has 33 N–H and O–H groups in total. The Morgan fingerprint density at radius 2 is 0.713 bits per heavy atom. The van der Waals surface area contributed by atoms with Crippen LogP contribution in [0.3, 0.4) is 0 Å². The van der Waals surface area contributed by atoms with E-state index in [2.05, 4.69) is 85.1 Å². The summed E-state index contributed by atoms with van der Waals surface area (Å²) in [5, 5.41) is 105. The number of nitrogens with one attached hydrogen (secondary N) is 17. The van der Waals surface area contributed by atoms with Gasteiger partial charge in [0.2, 0.25) is 100 Å². The van der Waals surface area contributed by atoms with Gasteiger partial charge in [-0.05, 0) is 106 Å². The lowest BCUT2D eigenvalue weighted by Gasteiger charge is -2.30. The molecule has 0 heterocycles. The highest BCUT2D eigenvalue weighted by Gasteiger charge is 2.41. The van der Waals surface area contributed by atoms with Crippen molar-refractivity contribution in [2.24, 2.45) is 58.3 Å². The monoisotopic (exact) mass is 1830 g/mol. The number of nitrogens with two attached hydrogens (primary N) is 5. The van der Waals surface area contributed by atoms with Crippen LogP contribution in [-0.2, 0) is 107 Å². The summed E-state index contributed by atoms with van der Waals surface area (Å²) in [6.07, 6.45) is -6.63. The molecule has 0 bridgehead atoms. The van der Waals surface area contributed by atoms with Crippen LogP contribution in [0.15, 0.2) is 30.3 Å². The first-order valence-electron chi connectivity index (χ1n) is 42.1. The second-order valence-electron chi connectivity index (χ2n) is 32.6. The fourth-order valence-electron chi connectivity index (χ4n) is 12.5. The van der Waals surface area contributed by atoms with E-state index in [0.29, 0.717) is 5.56 Å². The Bertz CT molecular complexity index is 4030. The molecule has 0 saturated heterocycles. The number of carboxylic acid groups (broad SMARTS) is 4. The van der Waals surface area contributed by atoms with E-state index in [4.69, 9.17) is 39.2 Å². The van der Waals surface area contributed by atoms with Crippen LogP contribution < -0.4 is 114 Å². The van der Waals surface area contributed by atoms with Crippen LogP contribution >= 0.6 is 0 Å². The summed E-state index contributed by atoms with van der Waals surface area (Å²) in [7, 11) is 0. The van der Waals surface area contributed by atoms with Crippen molar-refractivity contribution in [3.05, 3.63) is 35.9 Å². The van der Waals surface area contributed by atoms with Crippen LogP contribution in [-0.4, -0.2) is 284 Å². The van der Waals surface area contributed by atoms with Gasteiger partial charge >= 0.3 is 23.9 Å². The van der Waals surface area contributed by atoms with Gasteiger partial charge in [-0.3, -0.25) is 106 Å². The van der Waals surface area contributed by atoms with Crippen LogP contribution in [0.5, 0.6) is 0 Å². The third-order valence-corrected chi connectivity index (χ3v) is 19.8. The van der Waals surface area contributed by atoms with E-state index in [1.807, 2.05) is 0 Å². The fourth-order valence-corrected chi connectivity index (χ4v) is 12.5. The van der Waals surface area contributed by atoms with Crippen LogP contribution in [0.1, 0.15) is 178 Å². The number of amides is 17. The van der Waals surface area contributed by atoms with Gasteiger partial charge in [-0.2, -0.15) is 0 Å². The number of carbonyl (C=O) groups excluding carboxylic acids is 17. The summed E-state index contributed by atoms with van der Waals surface area (Å²) in [5.41, 5.74) is 28.1. The van der Waals surface area contributed by atoms with Crippen molar-refractivity contribution in [3.8, 4) is 0 Å². The lowest BCUT2D eigenvalue weighted by molar-refractivity contribution is -0.142. The van der Waals surface area contributed by atoms with Gasteiger partial charge in [-0.1, -0.05) is 106 Å². The Morgan fingerprint density at radius 1 is 0.364 bits per heavy atom. The minimum Gasteiger partial charge on any atom is -0.481 e. The molecule has 0 aromatic heterocycles. The molecule has 1 aromatic carbocycles. The largest absolute Gasteiger partial charge is 0.481 e. The number of unbranched alkanes of at least 4 members (excludes halogenated alkanes) is 1. The van der Waals surface area contributed by atoms with E-state index in [1.165, 1.54) is 20.8 Å². The normalized spacial score (nSPS) is 15.1. The number of guanidine groups is 1. The predicted octanol–water partition coefficient (Wildman–Crippen LogP) is -8.28. The summed E-state index contributed by atoms with van der Waals surface area (Å²) < 4.78 is 0. The zero-order chi connectivity index (χ0) is 98.4. The van der Waals surface area contributed by atoms with Gasteiger partial charge < -0.3 is 144 Å². The minimum absolute atomic E-state index is 0.0693. The SMILES string of the molecule is CC[C@H](C)[C@H](NC(=O)[C@H](CC(=O)O)NC(=O)[C@H](CC(N)=O)NC(=O)[C@H](CC(C)C)NC(=O)[C@@H](NC(=O)[C@@H](N)CO)C(C)C)C(=O)N[C@@H](Cc1ccccc1)C(=O)N[C@@H](CO)C(=O)N[C@@H](CCCNC(=N)N)C(=O)N[C@@H](CC(C)C)C(=O)N[C@@H](CC(=O)O)C(=O)N[C@@H](CCCCN)C(=O)N[C@H](C(=O)N[C@@H](CCC(=O)O)C(=O)N[C@@H](C)C(=O)N[C@@H](CCC(=O)O)C(N)=O)C(C)C. The fraction of sp³-hybridized carbons (Fsp3) is 0.650. The summed E-state index contributed by atoms with van der Waals surface area (Å²) in [6.45, 7) is 14.8. The standard InChI is InChI=1S/C80H132N22O27/c1-12-41(10)63(102-75(125)54(34-60(112)113)96-73(123)52(32-56(83)105)94-71(121)50(30-38(4)5)97-78(128)61(39(6)7)100-66(116)44(82)35-103)79(129)98-51(31-43-19-14-13-15-20-43)72(122)99-55(36-104)76(126)91-47(22-18-28-87-80(85)86)68(118)93-49(29-37(2)3)70(120)95-53(33-59(110)111)74(124)90-46(21-16-17-27-81)69(119)101-62(40(8)9)77(127)92-48(24-26-58(108)109)67(117)88-42(11)65(115)89-45(64(84)114)23-25-57(106)107/h13-15,19-20,37-42,44-55,61-63,103-104H,12,16-18,21-36,81-82H2,1-11H3,(H2,83,105)(H2,84,114)(H,88,117)(H,89,115)(H,90,124)(H,91,126)(H,92,127)(H,93,118)(H,94,121)(H,95,120)(H,96,123)(H,97,128)(H,98,129)(H,99,122)(H,100,116)(H,101,119)(H,102,125)(H,106,107)(H,108,109)(H,110,111)(H,112,113)(H4,85,86,87)/t41-,42-,44-,45-,46-,47-,48-,49-,50-,51-,52-,53-,54-,55-,61-,62-,63-/m0/s1. The van der Waals surface area contributed by atoms with Crippen molar-refractivity contribution in [2.45, 2.75) is 276 Å². The van der Waals surface area contributed by atoms with E-state index in [0.717, 1.165) is 6.92 Å². The van der Waals surface area contributed by atoms with Crippen LogP contribution in [0.25, 0.3) is 0 Å². The van der Waals surface area contributed by atoms with Gasteiger partial charge in [-0.25, -0.2) is 0 Å². The Morgan fingerprint density at radius 3 is 1.14 bits per heavy atom. The molecule has 129 heavy (non-hydrogen) atoms. The number of primary amides is 2. The van der Waals surface area contributed by atoms with Gasteiger partial charge in [0.25, 0.3) is 0 Å². The topological polar surface area (TPSA) is 826 Å². The highest BCUT2D eigenvalue weighted by Crippen LogP contribution is 2.17. The average Bonchev–Trinajstić information content (AvgIpc) is 0.843. The molecule has 0 saturated carbocycles. The molecule has 0 aliphatic heterocycles. The Kier molecular flexibility index (Phi) is 51.8. The number of rotatable bonds is 63. The van der Waals surface area contributed by atoms with Gasteiger partial charge in [0.1, 0.15) is 96.7 Å². The molecule has 49 heteroatoms. The molecule has 0 radical (unpaired) electrons. The average molecular weight is 1830 g/mol. The molecule has 17 atom stereocenters. The molecule has 0 unspecified atom stereocenters. The molecular formula is C80H132N22O27. The minimum atomic E-state index is -2.10. The van der Waals surface area contributed by atoms with Crippen molar-refractivity contribution in [2.75, 3.05) is 26.3 Å². The molecule has 0 fully saturated rings. The van der Waals surface area contributed by atoms with E-state index in [1.54, 1.807) is 78.8 Å². The van der Waals surface area contributed by atoms with Crippen LogP contribution in [0, 0.1) is 35.0 Å². The van der Waals surface area contributed by atoms with Crippen molar-refractivity contribution in [1.29, 1.82) is 5.41 Å². The molecule has 1 rings (SSSR count). The zero-order valence-electron chi connectivity index (χ0n) is 74.3. The molecule has 1 aromatic rings. The highest BCUT2D eigenvalue weighted by molar-refractivity contribution is 6.02. The maximum Gasteiger partial charge on any atom is 0.305 e. The van der Waals surface area contributed by atoms with Crippen molar-refractivity contribution < 1.29 is 131 Å². The second-order valence-corrected chi connectivity index (χ2v) is 32.6. The third kappa shape index (κ3) is 44.0. The maximum absolute atomic E-state index is 14.7. The van der Waals surface area contributed by atoms with E-state index in [-0.39, 0.29) is 76.8 Å². The number of hydrogen-bond donors (Lipinski definition) is 28. The van der Waals surface area contributed by atoms with E-state index >= 15 is 0 Å². The van der Waals surface area contributed by atoms with Crippen molar-refractivity contribution >= 4 is 130 Å². The molecule has 0 aliphatic rings. The van der Waals surface area contributed by atoms with Gasteiger partial charge in [0.05, 0.1) is 32.5 Å².